The quantitative estimate of drug-likeness (QED) is 0.0195. The minimum atomic E-state index is -1.62. The second-order valence-electron chi connectivity index (χ2n) is 22.5. The Hall–Kier alpha value is -2.38. The van der Waals surface area contributed by atoms with E-state index in [0.717, 1.165) is 64.2 Å². The average molecular weight is 1090 g/mol. The van der Waals surface area contributed by atoms with Crippen LogP contribution in [0, 0.1) is 0 Å². The second-order valence-corrected chi connectivity index (χ2v) is 22.5. The van der Waals surface area contributed by atoms with Gasteiger partial charge in [-0.1, -0.05) is 256 Å². The number of aliphatic hydroxyl groups is 5. The molecule has 1 amide bonds. The molecule has 77 heavy (non-hydrogen) atoms. The van der Waals surface area contributed by atoms with Crippen molar-refractivity contribution in [2.45, 2.75) is 346 Å². The van der Waals surface area contributed by atoms with Crippen LogP contribution in [0.25, 0.3) is 0 Å². The highest BCUT2D eigenvalue weighted by Gasteiger charge is 2.47. The predicted molar refractivity (Wildman–Crippen MR) is 320 cm³/mol. The number of ether oxygens (including phenoxy) is 3. The van der Waals surface area contributed by atoms with Crippen LogP contribution < -0.4 is 5.32 Å². The Balaban J connectivity index is 2.61. The zero-order valence-electron chi connectivity index (χ0n) is 49.8. The van der Waals surface area contributed by atoms with Crippen molar-refractivity contribution in [3.05, 3.63) is 48.6 Å². The number of unbranched alkanes of at least 4 members (excludes halogenated alkanes) is 35. The Bertz CT molecular complexity index is 1440. The SMILES string of the molecule is CCCCC/C=C\C/C=C\CCCCCCCCCCCCCCCC(=O)OC1C(OCC(NC(=O)C(O)CCCC/C=C\CCCCCCCC)C(O)/C=C/CCCCCCCCCCCCC)OC(CO)C(O)C1O. The average Bonchev–Trinajstić information content (AvgIpc) is 3.43. The number of rotatable bonds is 55. The van der Waals surface area contributed by atoms with Gasteiger partial charge in [-0.3, -0.25) is 9.59 Å². The molecule has 0 bridgehead atoms. The molecule has 0 aromatic carbocycles. The van der Waals surface area contributed by atoms with Crippen LogP contribution in [0.1, 0.15) is 297 Å². The summed E-state index contributed by atoms with van der Waals surface area (Å²) in [6.07, 6.45) is 55.8. The molecule has 450 valence electrons. The fraction of sp³-hybridized carbons (Fsp3) is 0.848. The maximum atomic E-state index is 13.4. The molecule has 8 atom stereocenters. The molecule has 6 N–H and O–H groups in total. The molecule has 8 unspecified atom stereocenters. The molecule has 1 rings (SSSR count). The minimum absolute atomic E-state index is 0.122. The monoisotopic (exact) mass is 1090 g/mol. The van der Waals surface area contributed by atoms with Gasteiger partial charge in [-0.25, -0.2) is 0 Å². The van der Waals surface area contributed by atoms with Crippen LogP contribution in [0.5, 0.6) is 0 Å². The summed E-state index contributed by atoms with van der Waals surface area (Å²) in [5.41, 5.74) is 0. The van der Waals surface area contributed by atoms with Gasteiger partial charge in [-0.15, -0.1) is 0 Å². The smallest absolute Gasteiger partial charge is 0.306 e. The van der Waals surface area contributed by atoms with Gasteiger partial charge in [-0.05, 0) is 83.5 Å². The molecule has 11 heteroatoms. The number of aliphatic hydroxyl groups excluding tert-OH is 5. The molecule has 1 fully saturated rings. The van der Waals surface area contributed by atoms with Gasteiger partial charge in [0, 0.05) is 6.42 Å². The van der Waals surface area contributed by atoms with E-state index < -0.39 is 67.4 Å². The predicted octanol–water partition coefficient (Wildman–Crippen LogP) is 15.6. The number of carbonyl (C=O) groups is 2. The van der Waals surface area contributed by atoms with Crippen LogP contribution in [0.3, 0.4) is 0 Å². The first-order valence-corrected chi connectivity index (χ1v) is 32.4. The van der Waals surface area contributed by atoms with Crippen LogP contribution in [0.4, 0.5) is 0 Å². The topological polar surface area (TPSA) is 175 Å². The van der Waals surface area contributed by atoms with E-state index in [4.69, 9.17) is 14.2 Å². The Labute approximate surface area is 472 Å². The summed E-state index contributed by atoms with van der Waals surface area (Å²) >= 11 is 0. The number of hydrogen-bond donors (Lipinski definition) is 6. The fourth-order valence-corrected chi connectivity index (χ4v) is 10.0. The molecule has 0 radical (unpaired) electrons. The Kier molecular flexibility index (Phi) is 51.1. The number of amides is 1. The summed E-state index contributed by atoms with van der Waals surface area (Å²) in [4.78, 5) is 26.5. The van der Waals surface area contributed by atoms with Crippen LogP contribution in [-0.4, -0.2) is 99.6 Å². The van der Waals surface area contributed by atoms with E-state index in [-0.39, 0.29) is 19.4 Å². The summed E-state index contributed by atoms with van der Waals surface area (Å²) in [7, 11) is 0. The van der Waals surface area contributed by atoms with E-state index in [2.05, 4.69) is 62.5 Å². The molecule has 1 saturated heterocycles. The molecule has 0 spiro atoms. The highest BCUT2D eigenvalue weighted by atomic mass is 16.7. The summed E-state index contributed by atoms with van der Waals surface area (Å²) in [5, 5.41) is 57.0. The molecular formula is C66H121NO10. The fourth-order valence-electron chi connectivity index (χ4n) is 10.0. The number of nitrogens with one attached hydrogen (secondary N) is 1. The zero-order valence-corrected chi connectivity index (χ0v) is 49.8. The van der Waals surface area contributed by atoms with E-state index in [9.17, 15) is 35.1 Å². The molecule has 1 aliphatic rings. The van der Waals surface area contributed by atoms with Gasteiger partial charge >= 0.3 is 5.97 Å². The second kappa shape index (κ2) is 54.2. The molecule has 0 saturated carbocycles. The van der Waals surface area contributed by atoms with Crippen molar-refractivity contribution >= 4 is 11.9 Å². The van der Waals surface area contributed by atoms with Gasteiger partial charge in [0.05, 0.1) is 25.4 Å². The molecule has 1 aliphatic heterocycles. The number of esters is 1. The largest absolute Gasteiger partial charge is 0.454 e. The lowest BCUT2D eigenvalue weighted by atomic mass is 9.99. The zero-order chi connectivity index (χ0) is 56.1. The highest BCUT2D eigenvalue weighted by molar-refractivity contribution is 5.80. The van der Waals surface area contributed by atoms with Gasteiger partial charge in [0.25, 0.3) is 0 Å². The first kappa shape index (κ1) is 72.6. The van der Waals surface area contributed by atoms with Gasteiger partial charge in [0.2, 0.25) is 5.91 Å². The van der Waals surface area contributed by atoms with E-state index in [1.54, 1.807) is 6.08 Å². The van der Waals surface area contributed by atoms with Gasteiger partial charge in [0.1, 0.15) is 24.4 Å². The highest BCUT2D eigenvalue weighted by Crippen LogP contribution is 2.26. The molecule has 1 heterocycles. The first-order valence-electron chi connectivity index (χ1n) is 32.4. The van der Waals surface area contributed by atoms with Crippen LogP contribution >= 0.6 is 0 Å². The van der Waals surface area contributed by atoms with Crippen LogP contribution in [0.15, 0.2) is 48.6 Å². The third-order valence-electron chi connectivity index (χ3n) is 15.2. The summed E-state index contributed by atoms with van der Waals surface area (Å²) in [6.45, 7) is 5.76. The van der Waals surface area contributed by atoms with Crippen molar-refractivity contribution in [1.82, 2.24) is 5.32 Å². The lowest BCUT2D eigenvalue weighted by molar-refractivity contribution is -0.305. The van der Waals surface area contributed by atoms with Gasteiger partial charge in [-0.2, -0.15) is 0 Å². The van der Waals surface area contributed by atoms with Crippen molar-refractivity contribution in [2.24, 2.45) is 0 Å². The van der Waals surface area contributed by atoms with Gasteiger partial charge < -0.3 is 45.1 Å². The third-order valence-corrected chi connectivity index (χ3v) is 15.2. The van der Waals surface area contributed by atoms with E-state index in [0.29, 0.717) is 12.8 Å². The molecular weight excluding hydrogens is 967 g/mol. The minimum Gasteiger partial charge on any atom is -0.454 e. The lowest BCUT2D eigenvalue weighted by Gasteiger charge is -2.41. The van der Waals surface area contributed by atoms with Crippen molar-refractivity contribution < 1.29 is 49.3 Å². The van der Waals surface area contributed by atoms with Crippen molar-refractivity contribution in [1.29, 1.82) is 0 Å². The van der Waals surface area contributed by atoms with Crippen LogP contribution in [-0.2, 0) is 23.8 Å². The molecule has 0 aromatic heterocycles. The van der Waals surface area contributed by atoms with Crippen molar-refractivity contribution in [2.75, 3.05) is 13.2 Å². The van der Waals surface area contributed by atoms with Crippen LogP contribution in [0.2, 0.25) is 0 Å². The molecule has 11 nitrogen and oxygen atoms in total. The maximum Gasteiger partial charge on any atom is 0.306 e. The number of carbonyl (C=O) groups excluding carboxylic acids is 2. The summed E-state index contributed by atoms with van der Waals surface area (Å²) < 4.78 is 17.6. The normalized spacial score (nSPS) is 19.3. The number of hydrogen-bond acceptors (Lipinski definition) is 10. The van der Waals surface area contributed by atoms with Crippen molar-refractivity contribution in [3.63, 3.8) is 0 Å². The van der Waals surface area contributed by atoms with Crippen molar-refractivity contribution in [3.8, 4) is 0 Å². The Morgan fingerprint density at radius 1 is 0.506 bits per heavy atom. The van der Waals surface area contributed by atoms with E-state index in [1.165, 1.54) is 186 Å². The van der Waals surface area contributed by atoms with E-state index >= 15 is 0 Å². The Morgan fingerprint density at radius 3 is 1.36 bits per heavy atom. The lowest BCUT2D eigenvalue weighted by Crippen LogP contribution is -2.61. The first-order chi connectivity index (χ1) is 37.7. The van der Waals surface area contributed by atoms with E-state index in [1.807, 2.05) is 6.08 Å². The Morgan fingerprint density at radius 2 is 0.896 bits per heavy atom. The summed E-state index contributed by atoms with van der Waals surface area (Å²) in [5.74, 6) is -1.20. The van der Waals surface area contributed by atoms with Gasteiger partial charge in [0.15, 0.2) is 12.4 Å². The maximum absolute atomic E-state index is 13.4. The molecule has 0 aliphatic carbocycles. The molecule has 0 aromatic rings. The standard InChI is InChI=1S/C66H121NO10/c1-4-7-10-13-16-19-22-25-26-27-28-29-30-31-32-33-34-36-39-42-45-48-51-54-61(71)77-64-63(73)62(72)60(55-68)76-66(64)75-56-57(58(69)52-49-46-43-40-38-35-23-20-17-14-11-8-5-2)67-65(74)59(70)53-50-47-44-41-37-24-21-18-15-12-9-6-3/h16,19,25-26,37,41,49,52,57-60,62-64,66,68-70,72-73H,4-15,17-18,20-24,27-36,38-40,42-48,50-51,53-56H2,1-3H3,(H,67,74)/b19-16-,26-25-,41-37-,52-49+. The third kappa shape index (κ3) is 42.2. The number of allylic oxidation sites excluding steroid dienone is 7. The summed E-state index contributed by atoms with van der Waals surface area (Å²) in [6, 6.07) is -1.03.